The Morgan fingerprint density at radius 3 is 2.43 bits per heavy atom. The number of carbonyl (C=O) groups excluding carboxylic acids is 1. The molecule has 2 aromatic rings. The van der Waals surface area contributed by atoms with Crippen LogP contribution in [0.1, 0.15) is 15.9 Å². The number of nitrogens with one attached hydrogen (secondary N) is 1. The van der Waals surface area contributed by atoms with Crippen molar-refractivity contribution < 1.29 is 13.6 Å². The largest absolute Gasteiger partial charge is 0.322 e. The van der Waals surface area contributed by atoms with E-state index in [1.54, 1.807) is 12.1 Å². The Hall–Kier alpha value is -1.46. The van der Waals surface area contributed by atoms with E-state index in [1.807, 2.05) is 12.1 Å². The molecule has 0 heterocycles. The van der Waals surface area contributed by atoms with Gasteiger partial charge in [0.15, 0.2) is 0 Å². The molecule has 2 rings (SSSR count). The molecule has 110 valence electrons. The van der Waals surface area contributed by atoms with Crippen LogP contribution in [-0.2, 0) is 6.42 Å². The van der Waals surface area contributed by atoms with Crippen LogP contribution in [0.4, 0.5) is 14.5 Å². The second kappa shape index (κ2) is 7.00. The summed E-state index contributed by atoms with van der Waals surface area (Å²) in [6, 6.07) is 8.70. The van der Waals surface area contributed by atoms with E-state index >= 15 is 0 Å². The number of carbonyl (C=O) groups is 1. The van der Waals surface area contributed by atoms with E-state index in [2.05, 4.69) is 21.2 Å². The zero-order chi connectivity index (χ0) is 15.4. The number of amides is 1. The molecular formula is C15H11BrClF2NO. The SMILES string of the molecule is O=C(Nc1ccc(CCBr)cc1)c1cc(F)c(Cl)cc1F. The summed E-state index contributed by atoms with van der Waals surface area (Å²) in [6.07, 6.45) is 0.866. The fourth-order valence-electron chi connectivity index (χ4n) is 1.76. The molecule has 1 N–H and O–H groups in total. The van der Waals surface area contributed by atoms with Gasteiger partial charge in [0.25, 0.3) is 5.91 Å². The molecule has 0 bridgehead atoms. The van der Waals surface area contributed by atoms with Crippen molar-refractivity contribution in [3.05, 3.63) is 64.2 Å². The van der Waals surface area contributed by atoms with Gasteiger partial charge < -0.3 is 5.32 Å². The van der Waals surface area contributed by atoms with Gasteiger partial charge in [-0.3, -0.25) is 4.79 Å². The summed E-state index contributed by atoms with van der Waals surface area (Å²) in [4.78, 5) is 11.9. The van der Waals surface area contributed by atoms with Crippen molar-refractivity contribution >= 4 is 39.1 Å². The zero-order valence-electron chi connectivity index (χ0n) is 10.8. The minimum Gasteiger partial charge on any atom is -0.322 e. The van der Waals surface area contributed by atoms with Crippen molar-refractivity contribution in [2.45, 2.75) is 6.42 Å². The van der Waals surface area contributed by atoms with Gasteiger partial charge in [-0.05, 0) is 36.2 Å². The Kier molecular flexibility index (Phi) is 5.31. The van der Waals surface area contributed by atoms with Crippen LogP contribution < -0.4 is 5.32 Å². The van der Waals surface area contributed by atoms with Crippen LogP contribution in [0.15, 0.2) is 36.4 Å². The Morgan fingerprint density at radius 2 is 1.81 bits per heavy atom. The molecule has 0 atom stereocenters. The van der Waals surface area contributed by atoms with Crippen molar-refractivity contribution in [1.29, 1.82) is 0 Å². The third-order valence-corrected chi connectivity index (χ3v) is 3.54. The Morgan fingerprint density at radius 1 is 1.14 bits per heavy atom. The summed E-state index contributed by atoms with van der Waals surface area (Å²) >= 11 is 8.79. The minimum absolute atomic E-state index is 0.358. The molecule has 0 unspecified atom stereocenters. The lowest BCUT2D eigenvalue weighted by atomic mass is 10.1. The first-order valence-corrected chi connectivity index (χ1v) is 7.62. The van der Waals surface area contributed by atoms with E-state index in [-0.39, 0.29) is 10.6 Å². The number of halogens is 4. The molecule has 2 nitrogen and oxygen atoms in total. The zero-order valence-corrected chi connectivity index (χ0v) is 13.1. The molecule has 0 aliphatic carbocycles. The fraction of sp³-hybridized carbons (Fsp3) is 0.133. The maximum absolute atomic E-state index is 13.6. The molecule has 21 heavy (non-hydrogen) atoms. The highest BCUT2D eigenvalue weighted by Gasteiger charge is 2.15. The first-order chi connectivity index (χ1) is 10.0. The van der Waals surface area contributed by atoms with Gasteiger partial charge in [0, 0.05) is 11.0 Å². The number of rotatable bonds is 4. The topological polar surface area (TPSA) is 29.1 Å². The normalized spacial score (nSPS) is 10.5. The average molecular weight is 375 g/mol. The van der Waals surface area contributed by atoms with Crippen molar-refractivity contribution in [2.24, 2.45) is 0 Å². The first-order valence-electron chi connectivity index (χ1n) is 6.12. The van der Waals surface area contributed by atoms with Gasteiger partial charge in [-0.1, -0.05) is 39.7 Å². The fourth-order valence-corrected chi connectivity index (χ4v) is 2.37. The van der Waals surface area contributed by atoms with Crippen LogP contribution in [-0.4, -0.2) is 11.2 Å². The molecule has 0 saturated heterocycles. The van der Waals surface area contributed by atoms with Gasteiger partial charge in [-0.2, -0.15) is 0 Å². The standard InChI is InChI=1S/C15H11BrClF2NO/c16-6-5-9-1-3-10(4-2-9)20-15(21)11-7-14(19)12(17)8-13(11)18/h1-4,7-8H,5-6H2,(H,20,21). The van der Waals surface area contributed by atoms with E-state index in [0.717, 1.165) is 29.4 Å². The van der Waals surface area contributed by atoms with Crippen LogP contribution in [0, 0.1) is 11.6 Å². The van der Waals surface area contributed by atoms with Crippen LogP contribution in [0.3, 0.4) is 0 Å². The smallest absolute Gasteiger partial charge is 0.258 e. The maximum atomic E-state index is 13.6. The molecule has 0 aromatic heterocycles. The van der Waals surface area contributed by atoms with Crippen LogP contribution >= 0.6 is 27.5 Å². The molecule has 1 amide bonds. The summed E-state index contributed by atoms with van der Waals surface area (Å²) in [5.74, 6) is -2.43. The van der Waals surface area contributed by atoms with Gasteiger partial charge >= 0.3 is 0 Å². The summed E-state index contributed by atoms with van der Waals surface area (Å²) in [5, 5.41) is 3.00. The lowest BCUT2D eigenvalue weighted by Gasteiger charge is -2.08. The summed E-state index contributed by atoms with van der Waals surface area (Å²) in [5.41, 5.74) is 1.23. The quantitative estimate of drug-likeness (QED) is 0.604. The first kappa shape index (κ1) is 15.9. The van der Waals surface area contributed by atoms with Gasteiger partial charge in [0.1, 0.15) is 11.6 Å². The lowest BCUT2D eigenvalue weighted by Crippen LogP contribution is -2.14. The van der Waals surface area contributed by atoms with Crippen molar-refractivity contribution in [3.63, 3.8) is 0 Å². The van der Waals surface area contributed by atoms with E-state index in [4.69, 9.17) is 11.6 Å². The van der Waals surface area contributed by atoms with Gasteiger partial charge in [-0.25, -0.2) is 8.78 Å². The highest BCUT2D eigenvalue weighted by molar-refractivity contribution is 9.09. The van der Waals surface area contributed by atoms with Gasteiger partial charge in [-0.15, -0.1) is 0 Å². The molecule has 0 fully saturated rings. The third kappa shape index (κ3) is 4.02. The molecule has 0 aliphatic rings. The van der Waals surface area contributed by atoms with E-state index in [0.29, 0.717) is 5.69 Å². The predicted molar refractivity (Wildman–Crippen MR) is 83.3 cm³/mol. The average Bonchev–Trinajstić information content (AvgIpc) is 2.45. The number of anilines is 1. The van der Waals surface area contributed by atoms with Crippen LogP contribution in [0.25, 0.3) is 0 Å². The molecule has 2 aromatic carbocycles. The molecule has 6 heteroatoms. The Labute approximate surface area is 134 Å². The van der Waals surface area contributed by atoms with Gasteiger partial charge in [0.2, 0.25) is 0 Å². The molecule has 0 spiro atoms. The predicted octanol–water partition coefficient (Wildman–Crippen LogP) is 4.81. The van der Waals surface area contributed by atoms with Crippen molar-refractivity contribution in [2.75, 3.05) is 10.6 Å². The highest BCUT2D eigenvalue weighted by Crippen LogP contribution is 2.20. The highest BCUT2D eigenvalue weighted by atomic mass is 79.9. The maximum Gasteiger partial charge on any atom is 0.258 e. The van der Waals surface area contributed by atoms with Crippen LogP contribution in [0.2, 0.25) is 5.02 Å². The van der Waals surface area contributed by atoms with Crippen molar-refractivity contribution in [3.8, 4) is 0 Å². The second-order valence-corrected chi connectivity index (χ2v) is 5.54. The summed E-state index contributed by atoms with van der Waals surface area (Å²) < 4.78 is 26.9. The van der Waals surface area contributed by atoms with E-state index in [9.17, 15) is 13.6 Å². The summed E-state index contributed by atoms with van der Waals surface area (Å²) in [7, 11) is 0. The molecular weight excluding hydrogens is 364 g/mol. The molecule has 0 radical (unpaired) electrons. The molecule has 0 aliphatic heterocycles. The number of alkyl halides is 1. The summed E-state index contributed by atoms with van der Waals surface area (Å²) in [6.45, 7) is 0. The van der Waals surface area contributed by atoms with Gasteiger partial charge in [0.05, 0.1) is 10.6 Å². The minimum atomic E-state index is -0.866. The monoisotopic (exact) mass is 373 g/mol. The van der Waals surface area contributed by atoms with E-state index < -0.39 is 17.5 Å². The third-order valence-electron chi connectivity index (χ3n) is 2.85. The number of aryl methyl sites for hydroxylation is 1. The number of hydrogen-bond donors (Lipinski definition) is 1. The van der Waals surface area contributed by atoms with E-state index in [1.165, 1.54) is 0 Å². The number of benzene rings is 2. The Bertz CT molecular complexity index is 661. The number of hydrogen-bond acceptors (Lipinski definition) is 1. The second-order valence-electron chi connectivity index (χ2n) is 4.34. The molecule has 0 saturated carbocycles. The Balaban J connectivity index is 2.16. The van der Waals surface area contributed by atoms with Crippen LogP contribution in [0.5, 0.6) is 0 Å². The van der Waals surface area contributed by atoms with Crippen molar-refractivity contribution in [1.82, 2.24) is 0 Å². The lowest BCUT2D eigenvalue weighted by molar-refractivity contribution is 0.102.